The Labute approximate surface area is 198 Å². The third-order valence-corrected chi connectivity index (χ3v) is 6.78. The van der Waals surface area contributed by atoms with Gasteiger partial charge in [0.2, 0.25) is 11.8 Å². The molecular formula is C26H28N4O2S. The lowest BCUT2D eigenvalue weighted by molar-refractivity contribution is -0.126. The standard InChI is InChI=1S/C26H28N4O2S/c1-19-8-7-11-24(20(19)2)28-14-16-29(17-15-28)25(32)13-12-22-18-33-26(27-22)30(21(3)31)23-9-5-4-6-10-23/h4-13,18H,14-17H2,1-3H3. The summed E-state index contributed by atoms with van der Waals surface area (Å²) in [4.78, 5) is 35.3. The number of anilines is 3. The van der Waals surface area contributed by atoms with Gasteiger partial charge in [0.1, 0.15) is 0 Å². The fourth-order valence-electron chi connectivity index (χ4n) is 3.97. The molecule has 0 bridgehead atoms. The number of hydrogen-bond acceptors (Lipinski definition) is 5. The molecule has 1 aromatic heterocycles. The summed E-state index contributed by atoms with van der Waals surface area (Å²) in [5, 5.41) is 2.44. The van der Waals surface area contributed by atoms with Crippen molar-refractivity contribution in [2.75, 3.05) is 36.0 Å². The van der Waals surface area contributed by atoms with Gasteiger partial charge >= 0.3 is 0 Å². The number of carbonyl (C=O) groups excluding carboxylic acids is 2. The number of nitrogens with zero attached hydrogens (tertiary/aromatic N) is 4. The minimum absolute atomic E-state index is 0.0170. The molecule has 2 heterocycles. The smallest absolute Gasteiger partial charge is 0.246 e. The highest BCUT2D eigenvalue weighted by molar-refractivity contribution is 7.14. The fraction of sp³-hybridized carbons (Fsp3) is 0.269. The van der Waals surface area contributed by atoms with Gasteiger partial charge in [0.05, 0.1) is 11.4 Å². The minimum Gasteiger partial charge on any atom is -0.368 e. The topological polar surface area (TPSA) is 56.8 Å². The number of benzene rings is 2. The van der Waals surface area contributed by atoms with Crippen LogP contribution in [0.15, 0.2) is 60.0 Å². The van der Waals surface area contributed by atoms with Crippen molar-refractivity contribution < 1.29 is 9.59 Å². The van der Waals surface area contributed by atoms with Crippen molar-refractivity contribution in [1.29, 1.82) is 0 Å². The van der Waals surface area contributed by atoms with Crippen LogP contribution in [0.5, 0.6) is 0 Å². The zero-order valence-corrected chi connectivity index (χ0v) is 20.0. The summed E-state index contributed by atoms with van der Waals surface area (Å²) in [6.07, 6.45) is 3.30. The molecule has 3 aromatic rings. The lowest BCUT2D eigenvalue weighted by atomic mass is 10.1. The van der Waals surface area contributed by atoms with Gasteiger partial charge in [-0.1, -0.05) is 30.3 Å². The van der Waals surface area contributed by atoms with E-state index in [9.17, 15) is 9.59 Å². The van der Waals surface area contributed by atoms with E-state index in [-0.39, 0.29) is 11.8 Å². The first kappa shape index (κ1) is 22.7. The Balaban J connectivity index is 1.38. The van der Waals surface area contributed by atoms with Crippen molar-refractivity contribution in [1.82, 2.24) is 9.88 Å². The van der Waals surface area contributed by atoms with Gasteiger partial charge in [-0.3, -0.25) is 14.5 Å². The summed E-state index contributed by atoms with van der Waals surface area (Å²) >= 11 is 1.38. The Kier molecular flexibility index (Phi) is 6.89. The summed E-state index contributed by atoms with van der Waals surface area (Å²) in [6, 6.07) is 15.8. The molecule has 2 amide bonds. The largest absolute Gasteiger partial charge is 0.368 e. The van der Waals surface area contributed by atoms with Crippen LogP contribution in [0, 0.1) is 13.8 Å². The highest BCUT2D eigenvalue weighted by Crippen LogP contribution is 2.29. The van der Waals surface area contributed by atoms with E-state index >= 15 is 0 Å². The van der Waals surface area contributed by atoms with E-state index in [1.54, 1.807) is 17.1 Å². The molecule has 0 saturated carbocycles. The molecule has 2 aromatic carbocycles. The third-order valence-electron chi connectivity index (χ3n) is 5.94. The lowest BCUT2D eigenvalue weighted by Gasteiger charge is -2.36. The number of para-hydroxylation sites is 1. The highest BCUT2D eigenvalue weighted by Gasteiger charge is 2.21. The van der Waals surface area contributed by atoms with Crippen molar-refractivity contribution in [3.63, 3.8) is 0 Å². The number of aryl methyl sites for hydroxylation is 1. The van der Waals surface area contributed by atoms with Crippen LogP contribution >= 0.6 is 11.3 Å². The summed E-state index contributed by atoms with van der Waals surface area (Å²) in [7, 11) is 0. The quantitative estimate of drug-likeness (QED) is 0.513. The predicted octanol–water partition coefficient (Wildman–Crippen LogP) is 4.81. The Morgan fingerprint density at radius 3 is 2.42 bits per heavy atom. The van der Waals surface area contributed by atoms with Crippen LogP contribution in [-0.4, -0.2) is 47.9 Å². The van der Waals surface area contributed by atoms with Crippen LogP contribution in [0.25, 0.3) is 6.08 Å². The van der Waals surface area contributed by atoms with E-state index in [2.05, 4.69) is 41.9 Å². The van der Waals surface area contributed by atoms with Crippen LogP contribution in [0.1, 0.15) is 23.7 Å². The average molecular weight is 461 g/mol. The summed E-state index contributed by atoms with van der Waals surface area (Å²) in [5.41, 5.74) is 5.27. The molecule has 6 nitrogen and oxygen atoms in total. The molecule has 7 heteroatoms. The van der Waals surface area contributed by atoms with Gasteiger partial charge in [0, 0.05) is 50.2 Å². The zero-order valence-electron chi connectivity index (χ0n) is 19.2. The molecule has 0 aliphatic carbocycles. The van der Waals surface area contributed by atoms with Crippen LogP contribution in [0.4, 0.5) is 16.5 Å². The van der Waals surface area contributed by atoms with Crippen molar-refractivity contribution in [3.05, 3.63) is 76.8 Å². The molecule has 170 valence electrons. The first-order valence-corrected chi connectivity index (χ1v) is 11.9. The Morgan fingerprint density at radius 1 is 1.00 bits per heavy atom. The van der Waals surface area contributed by atoms with Crippen LogP contribution in [-0.2, 0) is 9.59 Å². The third kappa shape index (κ3) is 5.14. The van der Waals surface area contributed by atoms with Crippen molar-refractivity contribution in [2.24, 2.45) is 0 Å². The van der Waals surface area contributed by atoms with E-state index in [1.807, 2.05) is 40.6 Å². The molecule has 1 aliphatic heterocycles. The van der Waals surface area contributed by atoms with Crippen LogP contribution in [0.2, 0.25) is 0 Å². The molecule has 1 aliphatic rings. The molecule has 0 N–H and O–H groups in total. The zero-order chi connectivity index (χ0) is 23.4. The molecule has 1 saturated heterocycles. The highest BCUT2D eigenvalue weighted by atomic mass is 32.1. The second kappa shape index (κ2) is 10.0. The normalized spacial score (nSPS) is 14.0. The first-order chi connectivity index (χ1) is 15.9. The molecule has 0 spiro atoms. The van der Waals surface area contributed by atoms with E-state index in [1.165, 1.54) is 35.1 Å². The summed E-state index contributed by atoms with van der Waals surface area (Å²) < 4.78 is 0. The van der Waals surface area contributed by atoms with Crippen molar-refractivity contribution >= 4 is 45.7 Å². The van der Waals surface area contributed by atoms with Crippen molar-refractivity contribution in [2.45, 2.75) is 20.8 Å². The number of piperazine rings is 1. The Bertz CT molecular complexity index is 1160. The summed E-state index contributed by atoms with van der Waals surface area (Å²) in [6.45, 7) is 8.80. The number of carbonyl (C=O) groups is 2. The lowest BCUT2D eigenvalue weighted by Crippen LogP contribution is -2.48. The van der Waals surface area contributed by atoms with Crippen LogP contribution in [0.3, 0.4) is 0 Å². The second-order valence-electron chi connectivity index (χ2n) is 8.11. The van der Waals surface area contributed by atoms with E-state index in [0.29, 0.717) is 23.9 Å². The van der Waals surface area contributed by atoms with E-state index in [0.717, 1.165) is 18.8 Å². The van der Waals surface area contributed by atoms with Gasteiger partial charge in [-0.15, -0.1) is 11.3 Å². The first-order valence-electron chi connectivity index (χ1n) is 11.0. The number of rotatable bonds is 5. The van der Waals surface area contributed by atoms with Gasteiger partial charge in [-0.05, 0) is 49.2 Å². The molecule has 0 atom stereocenters. The molecule has 1 fully saturated rings. The van der Waals surface area contributed by atoms with Gasteiger partial charge in [-0.25, -0.2) is 4.98 Å². The van der Waals surface area contributed by atoms with E-state index < -0.39 is 0 Å². The predicted molar refractivity (Wildman–Crippen MR) is 135 cm³/mol. The van der Waals surface area contributed by atoms with Gasteiger partial charge in [0.15, 0.2) is 5.13 Å². The van der Waals surface area contributed by atoms with E-state index in [4.69, 9.17) is 0 Å². The Hall–Kier alpha value is -3.45. The van der Waals surface area contributed by atoms with Gasteiger partial charge < -0.3 is 9.80 Å². The number of amides is 2. The molecular weight excluding hydrogens is 432 g/mol. The van der Waals surface area contributed by atoms with Crippen molar-refractivity contribution in [3.8, 4) is 0 Å². The number of aromatic nitrogens is 1. The Morgan fingerprint density at radius 2 is 1.73 bits per heavy atom. The maximum atomic E-state index is 12.7. The average Bonchev–Trinajstić information content (AvgIpc) is 3.28. The van der Waals surface area contributed by atoms with Gasteiger partial charge in [-0.2, -0.15) is 0 Å². The molecule has 0 radical (unpaired) electrons. The fourth-order valence-corrected chi connectivity index (χ4v) is 4.82. The molecule has 33 heavy (non-hydrogen) atoms. The number of hydrogen-bond donors (Lipinski definition) is 0. The maximum absolute atomic E-state index is 12.7. The second-order valence-corrected chi connectivity index (χ2v) is 8.95. The molecule has 4 rings (SSSR count). The summed E-state index contributed by atoms with van der Waals surface area (Å²) in [5.74, 6) is -0.125. The molecule has 0 unspecified atom stereocenters. The number of thiazole rings is 1. The van der Waals surface area contributed by atoms with Crippen LogP contribution < -0.4 is 9.80 Å². The SMILES string of the molecule is CC(=O)N(c1ccccc1)c1nc(C=CC(=O)N2CCN(c3cccc(C)c3C)CC2)cs1. The maximum Gasteiger partial charge on any atom is 0.246 e. The monoisotopic (exact) mass is 460 g/mol. The minimum atomic E-state index is -0.108. The van der Waals surface area contributed by atoms with Gasteiger partial charge in [0.25, 0.3) is 0 Å².